The molecular formula is C35H35ClN6O11. The van der Waals surface area contributed by atoms with Gasteiger partial charge >= 0.3 is 23.9 Å². The van der Waals surface area contributed by atoms with Crippen molar-refractivity contribution in [2.45, 2.75) is 63.8 Å². The number of carbonyl (C=O) groups is 4. The summed E-state index contributed by atoms with van der Waals surface area (Å²) < 4.78 is 35.9. The maximum Gasteiger partial charge on any atom is 0.350 e. The summed E-state index contributed by atoms with van der Waals surface area (Å²) in [5, 5.41) is -0.237. The van der Waals surface area contributed by atoms with Gasteiger partial charge in [0.1, 0.15) is 11.6 Å². The number of H-pyrrole nitrogens is 1. The van der Waals surface area contributed by atoms with Crippen molar-refractivity contribution in [2.24, 2.45) is 0 Å². The lowest BCUT2D eigenvalue weighted by atomic mass is 9.90. The van der Waals surface area contributed by atoms with Crippen LogP contribution in [0.3, 0.4) is 0 Å². The quantitative estimate of drug-likeness (QED) is 0.0657. The fourth-order valence-electron chi connectivity index (χ4n) is 5.95. The van der Waals surface area contributed by atoms with Gasteiger partial charge in [-0.2, -0.15) is 9.97 Å². The maximum absolute atomic E-state index is 13.8. The second-order valence-electron chi connectivity index (χ2n) is 11.6. The summed E-state index contributed by atoms with van der Waals surface area (Å²) in [6.45, 7) is 4.24. The lowest BCUT2D eigenvalue weighted by Gasteiger charge is -2.35. The summed E-state index contributed by atoms with van der Waals surface area (Å²) >= 11 is 6.09. The average Bonchev–Trinajstić information content (AvgIpc) is 3.65. The van der Waals surface area contributed by atoms with Crippen LogP contribution in [-0.4, -0.2) is 91.6 Å². The smallest absolute Gasteiger partial charge is 0.350 e. The highest BCUT2D eigenvalue weighted by atomic mass is 35.5. The first-order chi connectivity index (χ1) is 25.3. The minimum Gasteiger partial charge on any atom is -0.463 e. The molecule has 5 rings (SSSR count). The normalized spacial score (nSPS) is 19.7. The van der Waals surface area contributed by atoms with Crippen LogP contribution >= 0.6 is 11.6 Å². The Morgan fingerprint density at radius 1 is 1.08 bits per heavy atom. The van der Waals surface area contributed by atoms with Crippen LogP contribution in [0, 0.1) is 12.3 Å². The number of halogens is 1. The lowest BCUT2D eigenvalue weighted by Crippen LogP contribution is -2.57. The molecule has 4 heterocycles. The molecule has 1 fully saturated rings. The fourth-order valence-corrected chi connectivity index (χ4v) is 6.12. The third-order valence-corrected chi connectivity index (χ3v) is 8.39. The van der Waals surface area contributed by atoms with Crippen LogP contribution in [0.15, 0.2) is 53.7 Å². The molecule has 17 nitrogen and oxygen atoms in total. The van der Waals surface area contributed by atoms with Gasteiger partial charge in [-0.3, -0.25) is 19.0 Å². The average molecular weight is 751 g/mol. The Hall–Kier alpha value is -5.83. The number of nitrogen functional groups attached to an aromatic ring is 1. The Morgan fingerprint density at radius 3 is 2.34 bits per heavy atom. The maximum atomic E-state index is 13.8. The number of ether oxygens (including phenoxy) is 6. The van der Waals surface area contributed by atoms with Gasteiger partial charge in [0.15, 0.2) is 17.7 Å². The molecule has 3 N–H and O–H groups in total. The zero-order chi connectivity index (χ0) is 38.5. The van der Waals surface area contributed by atoms with E-state index >= 15 is 0 Å². The number of hydrogen-bond donors (Lipinski definition) is 2. The third-order valence-electron chi connectivity index (χ3n) is 8.22. The van der Waals surface area contributed by atoms with Crippen molar-refractivity contribution in [2.75, 3.05) is 25.6 Å². The van der Waals surface area contributed by atoms with Gasteiger partial charge in [0.2, 0.25) is 17.0 Å². The molecule has 4 aromatic rings. The number of anilines is 1. The highest BCUT2D eigenvalue weighted by molar-refractivity contribution is 6.28. The van der Waals surface area contributed by atoms with Crippen LogP contribution in [0.2, 0.25) is 5.28 Å². The van der Waals surface area contributed by atoms with Gasteiger partial charge in [-0.05, 0) is 48.7 Å². The number of pyridine rings is 1. The predicted octanol–water partition coefficient (Wildman–Crippen LogP) is 2.31. The van der Waals surface area contributed by atoms with E-state index in [9.17, 15) is 24.0 Å². The number of esters is 4. The van der Waals surface area contributed by atoms with Crippen molar-refractivity contribution >= 4 is 52.5 Å². The molecule has 1 aliphatic rings. The van der Waals surface area contributed by atoms with E-state index in [1.54, 1.807) is 36.4 Å². The fraction of sp³-hybridized carbons (Fsp3) is 0.371. The number of hydrogen-bond acceptors (Lipinski definition) is 15. The Bertz CT molecular complexity index is 2110. The Kier molecular flexibility index (Phi) is 11.5. The number of fused-ring (bicyclic) bond motifs is 1. The molecule has 0 aliphatic carbocycles. The second-order valence-corrected chi connectivity index (χ2v) is 12.0. The van der Waals surface area contributed by atoms with Gasteiger partial charge < -0.3 is 39.1 Å². The molecule has 0 amide bonds. The molecule has 0 unspecified atom stereocenters. The Labute approximate surface area is 307 Å². The van der Waals surface area contributed by atoms with Gasteiger partial charge in [-0.15, -0.1) is 6.42 Å². The summed E-state index contributed by atoms with van der Waals surface area (Å²) in [6, 6.07) is 9.79. The van der Waals surface area contributed by atoms with Crippen LogP contribution in [0.4, 0.5) is 5.82 Å². The van der Waals surface area contributed by atoms with Crippen molar-refractivity contribution in [1.82, 2.24) is 24.5 Å². The summed E-state index contributed by atoms with van der Waals surface area (Å²) in [5.74, 6) is -1.60. The topological polar surface area (TPSA) is 226 Å². The minimum atomic E-state index is -2.47. The van der Waals surface area contributed by atoms with Crippen LogP contribution in [-0.2, 0) is 54.0 Å². The molecule has 0 saturated carbocycles. The van der Waals surface area contributed by atoms with Gasteiger partial charge in [-0.1, -0.05) is 30.2 Å². The zero-order valence-electron chi connectivity index (χ0n) is 29.0. The number of nitrogens with zero attached hydrogens (tertiary/aromatic N) is 4. The van der Waals surface area contributed by atoms with E-state index in [4.69, 9.17) is 52.2 Å². The number of nitrogens with one attached hydrogen (secondary N) is 1. The van der Waals surface area contributed by atoms with E-state index in [1.807, 2.05) is 0 Å². The van der Waals surface area contributed by atoms with Crippen molar-refractivity contribution in [1.29, 1.82) is 0 Å². The number of aromatic nitrogens is 5. The highest BCUT2D eigenvalue weighted by Gasteiger charge is 2.63. The molecule has 4 atom stereocenters. The molecule has 53 heavy (non-hydrogen) atoms. The van der Waals surface area contributed by atoms with Crippen LogP contribution < -0.4 is 11.3 Å². The van der Waals surface area contributed by atoms with E-state index in [1.165, 1.54) is 30.9 Å². The van der Waals surface area contributed by atoms with E-state index in [2.05, 4.69) is 25.9 Å². The summed E-state index contributed by atoms with van der Waals surface area (Å²) in [5.41, 5.74) is 2.53. The second kappa shape index (κ2) is 15.8. The number of aromatic amines is 1. The third kappa shape index (κ3) is 7.56. The number of carbonyl (C=O) groups excluding carboxylic acids is 4. The largest absolute Gasteiger partial charge is 0.463 e. The number of terminal acetylenes is 1. The first-order valence-corrected chi connectivity index (χ1v) is 16.6. The Morgan fingerprint density at radius 2 is 1.75 bits per heavy atom. The monoisotopic (exact) mass is 750 g/mol. The molecule has 0 bridgehead atoms. The summed E-state index contributed by atoms with van der Waals surface area (Å²) in [6.07, 6.45) is 3.86. The first-order valence-electron chi connectivity index (χ1n) is 16.2. The summed E-state index contributed by atoms with van der Waals surface area (Å²) in [7, 11) is 0. The van der Waals surface area contributed by atoms with Gasteiger partial charge in [0, 0.05) is 32.0 Å². The van der Waals surface area contributed by atoms with Crippen LogP contribution in [0.25, 0.3) is 22.3 Å². The standard InChI is InChI=1S/C35H35ClN6O11/c1-6-34(53-20(5)44)24(52-30(26(34)51-19(4)43)42-18-39-25-27(37)40-33(36)41-28(25)42)17-50-35(31(46)48-7-2,32(47)49-8-3)16-21-11-13-22(14-12-21)23-10-9-15-38-29(23)45/h1,9-15,18,24,26,30H,7-8,16-17H2,2-5H3,(H,38,45)(H2,37,40,41)/t24-,26+,30-,34-/m1/s1. The molecule has 1 aliphatic heterocycles. The van der Waals surface area contributed by atoms with Crippen molar-refractivity contribution in [3.05, 3.63) is 70.1 Å². The molecule has 0 spiro atoms. The van der Waals surface area contributed by atoms with E-state index < -0.39 is 66.5 Å². The first kappa shape index (κ1) is 38.4. The molecule has 1 saturated heterocycles. The van der Waals surface area contributed by atoms with E-state index in [0.717, 1.165) is 13.8 Å². The number of nitrogens with two attached hydrogens (primary N) is 1. The lowest BCUT2D eigenvalue weighted by molar-refractivity contribution is -0.200. The molecule has 3 aromatic heterocycles. The molecule has 0 radical (unpaired) electrons. The SMILES string of the molecule is C#C[C@@]1(OC(C)=O)[C@@H](COC(Cc2ccc(-c3ccc[nH]c3=O)cc2)(C(=O)OCC)C(=O)OCC)O[C@@H](n2cnc3c(N)nc(Cl)nc32)[C@@H]1OC(C)=O. The van der Waals surface area contributed by atoms with Gasteiger partial charge in [0.05, 0.1) is 26.1 Å². The van der Waals surface area contributed by atoms with Crippen molar-refractivity contribution in [3.8, 4) is 23.5 Å². The van der Waals surface area contributed by atoms with E-state index in [0.29, 0.717) is 16.7 Å². The zero-order valence-corrected chi connectivity index (χ0v) is 29.7. The number of rotatable bonds is 13. The van der Waals surface area contributed by atoms with Gasteiger partial charge in [-0.25, -0.2) is 14.6 Å². The van der Waals surface area contributed by atoms with Crippen LogP contribution in [0.1, 0.15) is 39.5 Å². The number of imidazole rings is 1. The van der Waals surface area contributed by atoms with E-state index in [-0.39, 0.29) is 41.0 Å². The molecule has 278 valence electrons. The Balaban J connectivity index is 1.59. The molecular weight excluding hydrogens is 716 g/mol. The van der Waals surface area contributed by atoms with Gasteiger partial charge in [0.25, 0.3) is 11.2 Å². The molecule has 18 heteroatoms. The van der Waals surface area contributed by atoms with Crippen LogP contribution in [0.5, 0.6) is 0 Å². The highest BCUT2D eigenvalue weighted by Crippen LogP contribution is 2.44. The molecule has 1 aromatic carbocycles. The minimum absolute atomic E-state index is 0.0494. The summed E-state index contributed by atoms with van der Waals surface area (Å²) in [4.78, 5) is 80.1. The number of benzene rings is 1. The van der Waals surface area contributed by atoms with Crippen molar-refractivity contribution < 1.29 is 47.6 Å². The predicted molar refractivity (Wildman–Crippen MR) is 186 cm³/mol. The van der Waals surface area contributed by atoms with Crippen molar-refractivity contribution in [3.63, 3.8) is 0 Å².